The number of piperazine rings is 1. The average Bonchev–Trinajstić information content (AvgIpc) is 3.21. The second kappa shape index (κ2) is 10.9. The number of methoxy groups -OCH3 is 1. The van der Waals surface area contributed by atoms with Crippen LogP contribution in [0, 0.1) is 5.92 Å². The number of halogens is 1. The van der Waals surface area contributed by atoms with Gasteiger partial charge in [-0.15, -0.1) is 0 Å². The number of ether oxygens (including phenoxy) is 1. The van der Waals surface area contributed by atoms with Gasteiger partial charge in [-0.2, -0.15) is 0 Å². The molecule has 2 aliphatic rings. The number of nitrogens with one attached hydrogen (secondary N) is 1. The summed E-state index contributed by atoms with van der Waals surface area (Å²) in [4.78, 5) is 17.0. The van der Waals surface area contributed by atoms with Gasteiger partial charge in [0.05, 0.1) is 17.9 Å². The lowest BCUT2D eigenvalue weighted by Gasteiger charge is -2.36. The molecule has 0 spiro atoms. The summed E-state index contributed by atoms with van der Waals surface area (Å²) in [6, 6.07) is 6.04. The molecule has 2 heterocycles. The zero-order valence-corrected chi connectivity index (χ0v) is 19.9. The Morgan fingerprint density at radius 2 is 2.00 bits per heavy atom. The fourth-order valence-corrected chi connectivity index (χ4v) is 5.06. The van der Waals surface area contributed by atoms with Crippen LogP contribution in [0.25, 0.3) is 11.0 Å². The minimum atomic E-state index is -0.0201. The number of anilines is 1. The van der Waals surface area contributed by atoms with E-state index < -0.39 is 0 Å². The lowest BCUT2D eigenvalue weighted by Crippen LogP contribution is -2.47. The van der Waals surface area contributed by atoms with E-state index in [1.165, 1.54) is 19.3 Å². The summed E-state index contributed by atoms with van der Waals surface area (Å²) in [5.41, 5.74) is 0.745. The molecule has 1 amide bonds. The van der Waals surface area contributed by atoms with E-state index in [9.17, 15) is 4.79 Å². The third-order valence-electron chi connectivity index (χ3n) is 7.03. The van der Waals surface area contributed by atoms with Crippen molar-refractivity contribution in [3.8, 4) is 0 Å². The van der Waals surface area contributed by atoms with Crippen LogP contribution in [0.4, 0.5) is 5.82 Å². The predicted molar refractivity (Wildman–Crippen MR) is 127 cm³/mol. The van der Waals surface area contributed by atoms with E-state index in [-0.39, 0.29) is 12.0 Å². The van der Waals surface area contributed by atoms with Gasteiger partial charge in [0, 0.05) is 50.4 Å². The van der Waals surface area contributed by atoms with Gasteiger partial charge in [0.2, 0.25) is 5.91 Å². The highest BCUT2D eigenvalue weighted by molar-refractivity contribution is 6.31. The zero-order chi connectivity index (χ0) is 22.5. The van der Waals surface area contributed by atoms with E-state index in [0.29, 0.717) is 17.5 Å². The molecule has 1 aliphatic heterocycles. The van der Waals surface area contributed by atoms with Crippen molar-refractivity contribution in [2.75, 3.05) is 44.7 Å². The molecule has 1 atom stereocenters. The first-order chi connectivity index (χ1) is 15.5. The summed E-state index contributed by atoms with van der Waals surface area (Å²) >= 11 is 6.05. The van der Waals surface area contributed by atoms with Crippen LogP contribution in [0.1, 0.15) is 45.4 Å². The van der Waals surface area contributed by atoms with Crippen molar-refractivity contribution in [3.63, 3.8) is 0 Å². The molecule has 32 heavy (non-hydrogen) atoms. The fourth-order valence-electron chi connectivity index (χ4n) is 4.90. The number of aromatic nitrogens is 1. The Morgan fingerprint density at radius 3 is 2.72 bits per heavy atom. The van der Waals surface area contributed by atoms with Crippen molar-refractivity contribution in [1.29, 1.82) is 0 Å². The lowest BCUT2D eigenvalue weighted by molar-refractivity contribution is -0.124. The molecule has 1 saturated carbocycles. The molecular formula is C24H35ClN4O3. The minimum absolute atomic E-state index is 0.0201. The molecule has 0 radical (unpaired) electrons. The quantitative estimate of drug-likeness (QED) is 0.637. The molecular weight excluding hydrogens is 428 g/mol. The van der Waals surface area contributed by atoms with Crippen LogP contribution in [0.15, 0.2) is 22.7 Å². The molecule has 1 aliphatic carbocycles. The normalized spacial score (nSPS) is 23.4. The summed E-state index contributed by atoms with van der Waals surface area (Å²) in [5, 5.41) is 9.18. The second-order valence-corrected chi connectivity index (χ2v) is 9.74. The van der Waals surface area contributed by atoms with Crippen molar-refractivity contribution in [1.82, 2.24) is 15.4 Å². The van der Waals surface area contributed by atoms with Crippen LogP contribution in [0.5, 0.6) is 0 Å². The molecule has 176 valence electrons. The molecule has 1 saturated heterocycles. The second-order valence-electron chi connectivity index (χ2n) is 9.30. The smallest absolute Gasteiger partial charge is 0.222 e. The third kappa shape index (κ3) is 5.94. The van der Waals surface area contributed by atoms with Crippen molar-refractivity contribution >= 4 is 34.3 Å². The topological polar surface area (TPSA) is 70.8 Å². The number of amides is 1. The van der Waals surface area contributed by atoms with Gasteiger partial charge in [0.1, 0.15) is 0 Å². The number of rotatable bonds is 8. The average molecular weight is 463 g/mol. The largest absolute Gasteiger partial charge is 0.381 e. The highest BCUT2D eigenvalue weighted by atomic mass is 35.5. The standard InChI is InChI=1S/C24H35ClN4O3/c1-17(31-2)15-23(30)26-20-6-3-18(4-7-20)9-10-28-11-13-29(14-12-28)24-21-8-5-19(25)16-22(21)32-27-24/h5,8,16-18,20H,3-4,6-7,9-15H2,1-2H3,(H,26,30)/t17?,18-,20-. The fraction of sp³-hybridized carbons (Fsp3) is 0.667. The number of fused-ring (bicyclic) bond motifs is 1. The van der Waals surface area contributed by atoms with Crippen molar-refractivity contribution in [3.05, 3.63) is 23.2 Å². The van der Waals surface area contributed by atoms with Crippen LogP contribution in [-0.4, -0.2) is 67.9 Å². The summed E-state index contributed by atoms with van der Waals surface area (Å²) < 4.78 is 10.7. The van der Waals surface area contributed by atoms with Crippen LogP contribution >= 0.6 is 11.6 Å². The van der Waals surface area contributed by atoms with Crippen LogP contribution < -0.4 is 10.2 Å². The first kappa shape index (κ1) is 23.3. The Balaban J connectivity index is 1.16. The molecule has 1 aromatic heterocycles. The first-order valence-corrected chi connectivity index (χ1v) is 12.2. The predicted octanol–water partition coefficient (Wildman–Crippen LogP) is 4.09. The molecule has 8 heteroatoms. The molecule has 7 nitrogen and oxygen atoms in total. The first-order valence-electron chi connectivity index (χ1n) is 11.9. The molecule has 1 aromatic carbocycles. The summed E-state index contributed by atoms with van der Waals surface area (Å²) in [5.74, 6) is 1.81. The van der Waals surface area contributed by atoms with Gasteiger partial charge in [-0.1, -0.05) is 16.8 Å². The minimum Gasteiger partial charge on any atom is -0.381 e. The summed E-state index contributed by atoms with van der Waals surface area (Å²) in [7, 11) is 1.65. The van der Waals surface area contributed by atoms with Gasteiger partial charge in [-0.25, -0.2) is 0 Å². The lowest BCUT2D eigenvalue weighted by atomic mass is 9.84. The van der Waals surface area contributed by atoms with Gasteiger partial charge < -0.3 is 19.5 Å². The SMILES string of the molecule is COC(C)CC(=O)N[C@H]1CC[C@H](CCN2CCN(c3noc4cc(Cl)ccc34)CC2)CC1. The number of benzene rings is 1. The Morgan fingerprint density at radius 1 is 1.25 bits per heavy atom. The summed E-state index contributed by atoms with van der Waals surface area (Å²) in [6.07, 6.45) is 6.26. The van der Waals surface area contributed by atoms with E-state index in [1.807, 2.05) is 25.1 Å². The van der Waals surface area contributed by atoms with E-state index in [0.717, 1.165) is 68.3 Å². The van der Waals surface area contributed by atoms with E-state index in [2.05, 4.69) is 20.3 Å². The number of hydrogen-bond donors (Lipinski definition) is 1. The molecule has 0 bridgehead atoms. The van der Waals surface area contributed by atoms with Crippen LogP contribution in [-0.2, 0) is 9.53 Å². The Bertz CT molecular complexity index is 888. The Hall–Kier alpha value is -1.83. The number of carbonyl (C=O) groups is 1. The monoisotopic (exact) mass is 462 g/mol. The molecule has 4 rings (SSSR count). The number of carbonyl (C=O) groups excluding carboxylic acids is 1. The summed E-state index contributed by atoms with van der Waals surface area (Å²) in [6.45, 7) is 7.10. The van der Waals surface area contributed by atoms with Gasteiger partial charge in [0.25, 0.3) is 0 Å². The third-order valence-corrected chi connectivity index (χ3v) is 7.26. The van der Waals surface area contributed by atoms with E-state index in [1.54, 1.807) is 7.11 Å². The highest BCUT2D eigenvalue weighted by Crippen LogP contribution is 2.30. The van der Waals surface area contributed by atoms with Crippen molar-refractivity contribution < 1.29 is 14.1 Å². The molecule has 2 aromatic rings. The van der Waals surface area contributed by atoms with E-state index in [4.69, 9.17) is 20.9 Å². The van der Waals surface area contributed by atoms with Gasteiger partial charge in [-0.3, -0.25) is 9.69 Å². The highest BCUT2D eigenvalue weighted by Gasteiger charge is 2.25. The maximum absolute atomic E-state index is 12.1. The number of hydrogen-bond acceptors (Lipinski definition) is 6. The van der Waals surface area contributed by atoms with Crippen LogP contribution in [0.3, 0.4) is 0 Å². The maximum atomic E-state index is 12.1. The van der Waals surface area contributed by atoms with Crippen LogP contribution in [0.2, 0.25) is 5.02 Å². The Kier molecular flexibility index (Phi) is 7.92. The van der Waals surface area contributed by atoms with Crippen molar-refractivity contribution in [2.45, 2.75) is 57.6 Å². The number of nitrogens with zero attached hydrogens (tertiary/aromatic N) is 3. The van der Waals surface area contributed by atoms with Gasteiger partial charge in [-0.05, 0) is 63.6 Å². The molecule has 1 unspecified atom stereocenters. The zero-order valence-electron chi connectivity index (χ0n) is 19.2. The van der Waals surface area contributed by atoms with Gasteiger partial charge in [0.15, 0.2) is 11.4 Å². The molecule has 1 N–H and O–H groups in total. The van der Waals surface area contributed by atoms with E-state index >= 15 is 0 Å². The maximum Gasteiger partial charge on any atom is 0.222 e. The Labute approximate surface area is 195 Å². The van der Waals surface area contributed by atoms with Crippen molar-refractivity contribution in [2.24, 2.45) is 5.92 Å². The van der Waals surface area contributed by atoms with Gasteiger partial charge >= 0.3 is 0 Å². The molecule has 2 fully saturated rings.